The number of nitrogens with zero attached hydrogens (tertiary/aromatic N) is 3. The second kappa shape index (κ2) is 6.51. The Bertz CT molecular complexity index is 563. The fourth-order valence-electron chi connectivity index (χ4n) is 1.69. The van der Waals surface area contributed by atoms with Crippen molar-refractivity contribution < 1.29 is 9.53 Å². The fraction of sp³-hybridized carbons (Fsp3) is 0.214. The summed E-state index contributed by atoms with van der Waals surface area (Å²) in [5, 5.41) is 9.82. The van der Waals surface area contributed by atoms with Gasteiger partial charge in [0.05, 0.1) is 6.20 Å². The van der Waals surface area contributed by atoms with Crippen LogP contribution in [0.5, 0.6) is 5.75 Å². The first-order valence-electron chi connectivity index (χ1n) is 6.14. The second-order valence-corrected chi connectivity index (χ2v) is 4.26. The summed E-state index contributed by atoms with van der Waals surface area (Å²) in [6.45, 7) is 4.56. The third-order valence-corrected chi connectivity index (χ3v) is 2.69. The van der Waals surface area contributed by atoms with Crippen molar-refractivity contribution in [3.8, 4) is 5.75 Å². The van der Waals surface area contributed by atoms with E-state index in [4.69, 9.17) is 4.74 Å². The predicted octanol–water partition coefficient (Wildman–Crippen LogP) is 1.64. The highest BCUT2D eigenvalue weighted by Crippen LogP contribution is 2.14. The molecule has 104 valence electrons. The Kier molecular flexibility index (Phi) is 4.49. The van der Waals surface area contributed by atoms with E-state index in [9.17, 15) is 4.79 Å². The molecule has 0 atom stereocenters. The van der Waals surface area contributed by atoms with Crippen molar-refractivity contribution in [3.05, 3.63) is 54.4 Å². The van der Waals surface area contributed by atoms with Gasteiger partial charge in [0.1, 0.15) is 12.4 Å². The quantitative estimate of drug-likeness (QED) is 0.811. The van der Waals surface area contributed by atoms with Crippen LogP contribution in [0.4, 0.5) is 0 Å². The monoisotopic (exact) mass is 272 g/mol. The van der Waals surface area contributed by atoms with E-state index >= 15 is 0 Å². The van der Waals surface area contributed by atoms with E-state index in [1.165, 1.54) is 6.20 Å². The van der Waals surface area contributed by atoms with Crippen LogP contribution in [0.1, 0.15) is 16.1 Å². The summed E-state index contributed by atoms with van der Waals surface area (Å²) < 4.78 is 5.40. The molecule has 0 radical (unpaired) electrons. The summed E-state index contributed by atoms with van der Waals surface area (Å²) in [6, 6.07) is 7.58. The molecule has 0 aliphatic carbocycles. The number of hydrogen-bond acceptors (Lipinski definition) is 4. The largest absolute Gasteiger partial charge is 0.490 e. The van der Waals surface area contributed by atoms with Crippen molar-refractivity contribution in [1.82, 2.24) is 20.3 Å². The van der Waals surface area contributed by atoms with Gasteiger partial charge in [-0.3, -0.25) is 4.79 Å². The summed E-state index contributed by atoms with van der Waals surface area (Å²) in [4.78, 5) is 13.6. The molecule has 1 amide bonds. The van der Waals surface area contributed by atoms with Gasteiger partial charge < -0.3 is 9.64 Å². The number of carbonyl (C=O) groups excluding carboxylic acids is 1. The van der Waals surface area contributed by atoms with Crippen molar-refractivity contribution in [3.63, 3.8) is 0 Å². The van der Waals surface area contributed by atoms with Gasteiger partial charge in [0, 0.05) is 13.6 Å². The third-order valence-electron chi connectivity index (χ3n) is 2.69. The molecule has 0 fully saturated rings. The fourth-order valence-corrected chi connectivity index (χ4v) is 1.69. The minimum absolute atomic E-state index is 0.175. The minimum atomic E-state index is -0.175. The number of hydrogen-bond donors (Lipinski definition) is 1. The van der Waals surface area contributed by atoms with Crippen LogP contribution in [-0.4, -0.2) is 39.9 Å². The second-order valence-electron chi connectivity index (χ2n) is 4.26. The highest BCUT2D eigenvalue weighted by molar-refractivity contribution is 5.91. The highest BCUT2D eigenvalue weighted by atomic mass is 16.5. The average Bonchev–Trinajstić information content (AvgIpc) is 3.00. The molecule has 6 nitrogen and oxygen atoms in total. The summed E-state index contributed by atoms with van der Waals surface area (Å²) in [6.07, 6.45) is 3.10. The van der Waals surface area contributed by atoms with Crippen molar-refractivity contribution in [2.45, 2.75) is 6.54 Å². The first-order chi connectivity index (χ1) is 9.70. The molecule has 0 saturated carbocycles. The number of nitrogens with one attached hydrogen (secondary N) is 1. The van der Waals surface area contributed by atoms with Gasteiger partial charge in [-0.15, -0.1) is 0 Å². The molecular weight excluding hydrogens is 256 g/mol. The molecule has 2 aromatic rings. The maximum absolute atomic E-state index is 12.0. The molecule has 1 aromatic carbocycles. The summed E-state index contributed by atoms with van der Waals surface area (Å²) in [7, 11) is 1.72. The maximum Gasteiger partial charge on any atom is 0.276 e. The number of ether oxygens (including phenoxy) is 1. The normalized spacial score (nSPS) is 10.1. The summed E-state index contributed by atoms with van der Waals surface area (Å²) in [5.41, 5.74) is 1.31. The summed E-state index contributed by atoms with van der Waals surface area (Å²) >= 11 is 0. The van der Waals surface area contributed by atoms with Crippen LogP contribution in [0.2, 0.25) is 0 Å². The Hall–Kier alpha value is -2.63. The molecule has 1 aromatic heterocycles. The number of aromatic amines is 1. The number of carbonyl (C=O) groups is 1. The van der Waals surface area contributed by atoms with E-state index in [2.05, 4.69) is 22.0 Å². The lowest BCUT2D eigenvalue weighted by Gasteiger charge is -2.15. The van der Waals surface area contributed by atoms with Crippen LogP contribution in [0, 0.1) is 0 Å². The van der Waals surface area contributed by atoms with Gasteiger partial charge >= 0.3 is 0 Å². The topological polar surface area (TPSA) is 71.1 Å². The standard InChI is InChI=1S/C14H16N4O2/c1-3-8-20-12-6-4-11(5-7-12)10-18(2)14(19)13-9-15-17-16-13/h3-7,9H,1,8,10H2,2H3,(H,15,16,17). The lowest BCUT2D eigenvalue weighted by Crippen LogP contribution is -2.26. The number of rotatable bonds is 6. The predicted molar refractivity (Wildman–Crippen MR) is 74.3 cm³/mol. The zero-order valence-electron chi connectivity index (χ0n) is 11.2. The number of H-pyrrole nitrogens is 1. The van der Waals surface area contributed by atoms with Crippen molar-refractivity contribution in [2.24, 2.45) is 0 Å². The van der Waals surface area contributed by atoms with Crippen LogP contribution in [-0.2, 0) is 6.54 Å². The molecule has 2 rings (SSSR count). The van der Waals surface area contributed by atoms with Gasteiger partial charge in [-0.25, -0.2) is 0 Å². The van der Waals surface area contributed by atoms with Gasteiger partial charge in [-0.1, -0.05) is 24.8 Å². The maximum atomic E-state index is 12.0. The van der Waals surface area contributed by atoms with Gasteiger partial charge in [0.15, 0.2) is 5.69 Å². The summed E-state index contributed by atoms with van der Waals surface area (Å²) in [5.74, 6) is 0.602. The molecule has 0 spiro atoms. The zero-order valence-corrected chi connectivity index (χ0v) is 11.2. The van der Waals surface area contributed by atoms with E-state index in [0.29, 0.717) is 18.8 Å². The Morgan fingerprint density at radius 1 is 1.45 bits per heavy atom. The number of aromatic nitrogens is 3. The SMILES string of the molecule is C=CCOc1ccc(CN(C)C(=O)c2cn[nH]n2)cc1. The molecule has 0 aliphatic heterocycles. The van der Waals surface area contributed by atoms with Crippen LogP contribution >= 0.6 is 0 Å². The van der Waals surface area contributed by atoms with Crippen molar-refractivity contribution in [1.29, 1.82) is 0 Å². The van der Waals surface area contributed by atoms with Crippen LogP contribution < -0.4 is 4.74 Å². The van der Waals surface area contributed by atoms with Gasteiger partial charge in [0.25, 0.3) is 5.91 Å². The van der Waals surface area contributed by atoms with Crippen molar-refractivity contribution in [2.75, 3.05) is 13.7 Å². The third kappa shape index (κ3) is 3.44. The first kappa shape index (κ1) is 13.8. The van der Waals surface area contributed by atoms with E-state index < -0.39 is 0 Å². The molecule has 1 N–H and O–H groups in total. The number of benzene rings is 1. The highest BCUT2D eigenvalue weighted by Gasteiger charge is 2.14. The van der Waals surface area contributed by atoms with E-state index in [0.717, 1.165) is 11.3 Å². The molecule has 0 saturated heterocycles. The van der Waals surface area contributed by atoms with Gasteiger partial charge in [-0.2, -0.15) is 15.4 Å². The lowest BCUT2D eigenvalue weighted by atomic mass is 10.2. The van der Waals surface area contributed by atoms with Gasteiger partial charge in [0.2, 0.25) is 0 Å². The molecule has 6 heteroatoms. The number of amides is 1. The smallest absolute Gasteiger partial charge is 0.276 e. The van der Waals surface area contributed by atoms with E-state index in [1.807, 2.05) is 24.3 Å². The molecule has 20 heavy (non-hydrogen) atoms. The Labute approximate surface area is 117 Å². The minimum Gasteiger partial charge on any atom is -0.490 e. The van der Waals surface area contributed by atoms with E-state index in [-0.39, 0.29) is 5.91 Å². The lowest BCUT2D eigenvalue weighted by molar-refractivity contribution is 0.0779. The van der Waals surface area contributed by atoms with Crippen LogP contribution in [0.3, 0.4) is 0 Å². The van der Waals surface area contributed by atoms with E-state index in [1.54, 1.807) is 18.0 Å². The molecule has 0 aliphatic rings. The molecule has 0 bridgehead atoms. The zero-order chi connectivity index (χ0) is 14.4. The Morgan fingerprint density at radius 2 is 2.20 bits per heavy atom. The van der Waals surface area contributed by atoms with Crippen LogP contribution in [0.15, 0.2) is 43.1 Å². The molecule has 0 unspecified atom stereocenters. The molecule has 1 heterocycles. The Balaban J connectivity index is 1.95. The molecular formula is C14H16N4O2. The first-order valence-corrected chi connectivity index (χ1v) is 6.14. The Morgan fingerprint density at radius 3 is 2.80 bits per heavy atom. The van der Waals surface area contributed by atoms with Crippen molar-refractivity contribution >= 4 is 5.91 Å². The average molecular weight is 272 g/mol. The van der Waals surface area contributed by atoms with Crippen LogP contribution in [0.25, 0.3) is 0 Å². The van der Waals surface area contributed by atoms with Gasteiger partial charge in [-0.05, 0) is 17.7 Å².